The summed E-state index contributed by atoms with van der Waals surface area (Å²) >= 11 is 1.87. The first-order chi connectivity index (χ1) is 9.22. The Labute approximate surface area is 118 Å². The van der Waals surface area contributed by atoms with Crippen molar-refractivity contribution in [3.8, 4) is 0 Å². The van der Waals surface area contributed by atoms with Crippen LogP contribution >= 0.6 is 11.3 Å². The highest BCUT2D eigenvalue weighted by Crippen LogP contribution is 2.28. The van der Waals surface area contributed by atoms with Gasteiger partial charge < -0.3 is 5.73 Å². The van der Waals surface area contributed by atoms with E-state index in [4.69, 9.17) is 10.7 Å². The van der Waals surface area contributed by atoms with Crippen LogP contribution in [0.1, 0.15) is 45.6 Å². The Hall–Kier alpha value is -1.19. The van der Waals surface area contributed by atoms with Crippen molar-refractivity contribution in [3.05, 3.63) is 51.0 Å². The van der Waals surface area contributed by atoms with Crippen LogP contribution in [0.3, 0.4) is 0 Å². The molecule has 3 rings (SSSR count). The Bertz CT molecular complexity index is 533. The fraction of sp³-hybridized carbons (Fsp3) is 0.438. The highest BCUT2D eigenvalue weighted by Gasteiger charge is 2.17. The van der Waals surface area contributed by atoms with Gasteiger partial charge in [0.25, 0.3) is 0 Å². The molecule has 0 aliphatic heterocycles. The Morgan fingerprint density at radius 2 is 1.95 bits per heavy atom. The zero-order chi connectivity index (χ0) is 13.2. The van der Waals surface area contributed by atoms with E-state index < -0.39 is 0 Å². The Balaban J connectivity index is 1.73. The summed E-state index contributed by atoms with van der Waals surface area (Å²) in [5.74, 6) is 0. The van der Waals surface area contributed by atoms with Crippen molar-refractivity contribution in [3.63, 3.8) is 0 Å². The highest BCUT2D eigenvalue weighted by molar-refractivity contribution is 7.11. The second-order valence-corrected chi connectivity index (χ2v) is 6.57. The number of hydrogen-bond donors (Lipinski definition) is 1. The smallest absolute Gasteiger partial charge is 0.0950 e. The van der Waals surface area contributed by atoms with Crippen LogP contribution in [-0.4, -0.2) is 4.98 Å². The molecular weight excluding hydrogens is 252 g/mol. The average Bonchev–Trinajstić information content (AvgIpc) is 2.81. The maximum atomic E-state index is 6.30. The summed E-state index contributed by atoms with van der Waals surface area (Å²) < 4.78 is 0. The fourth-order valence-corrected chi connectivity index (χ4v) is 3.83. The quantitative estimate of drug-likeness (QED) is 0.927. The van der Waals surface area contributed by atoms with E-state index in [2.05, 4.69) is 31.2 Å². The number of hydrogen-bond acceptors (Lipinski definition) is 3. The van der Waals surface area contributed by atoms with Crippen molar-refractivity contribution in [2.75, 3.05) is 0 Å². The lowest BCUT2D eigenvalue weighted by atomic mass is 10.0. The average molecular weight is 272 g/mol. The molecule has 0 spiro atoms. The summed E-state index contributed by atoms with van der Waals surface area (Å²) in [5, 5.41) is 1.21. The summed E-state index contributed by atoms with van der Waals surface area (Å²) in [6.07, 6.45) is 5.85. The summed E-state index contributed by atoms with van der Waals surface area (Å²) in [6, 6.07) is 8.58. The number of fused-ring (bicyclic) bond motifs is 1. The monoisotopic (exact) mass is 272 g/mol. The van der Waals surface area contributed by atoms with Gasteiger partial charge in [-0.2, -0.15) is 0 Å². The van der Waals surface area contributed by atoms with E-state index in [1.807, 2.05) is 11.3 Å². The van der Waals surface area contributed by atoms with Crippen molar-refractivity contribution in [2.24, 2.45) is 5.73 Å². The topological polar surface area (TPSA) is 38.9 Å². The minimum Gasteiger partial charge on any atom is -0.324 e. The van der Waals surface area contributed by atoms with Crippen LogP contribution in [0.4, 0.5) is 0 Å². The van der Waals surface area contributed by atoms with Crippen LogP contribution in [-0.2, 0) is 19.3 Å². The molecule has 1 aromatic heterocycles. The maximum absolute atomic E-state index is 6.30. The molecule has 2 nitrogen and oxygen atoms in total. The zero-order valence-electron chi connectivity index (χ0n) is 11.4. The predicted molar refractivity (Wildman–Crippen MR) is 80.6 cm³/mol. The van der Waals surface area contributed by atoms with Crippen molar-refractivity contribution >= 4 is 11.3 Å². The van der Waals surface area contributed by atoms with Gasteiger partial charge >= 0.3 is 0 Å². The Morgan fingerprint density at radius 1 is 1.21 bits per heavy atom. The normalized spacial score (nSPS) is 16.1. The highest BCUT2D eigenvalue weighted by atomic mass is 32.1. The van der Waals surface area contributed by atoms with Crippen LogP contribution in [0, 0.1) is 6.92 Å². The summed E-state index contributed by atoms with van der Waals surface area (Å²) in [6.45, 7) is 2.10. The number of benzene rings is 1. The lowest BCUT2D eigenvalue weighted by Crippen LogP contribution is -2.13. The third kappa shape index (κ3) is 2.88. The SMILES string of the molecule is Cc1ccc(C(N)Cc2nc3c(s2)CCCC3)cc1. The molecule has 1 aromatic carbocycles. The van der Waals surface area contributed by atoms with E-state index in [-0.39, 0.29) is 6.04 Å². The van der Waals surface area contributed by atoms with E-state index in [0.29, 0.717) is 0 Å². The molecular formula is C16H20N2S. The first-order valence-electron chi connectivity index (χ1n) is 7.02. The summed E-state index contributed by atoms with van der Waals surface area (Å²) in [5.41, 5.74) is 10.1. The number of nitrogens with zero attached hydrogens (tertiary/aromatic N) is 1. The van der Waals surface area contributed by atoms with Gasteiger partial charge in [-0.15, -0.1) is 11.3 Å². The first kappa shape index (κ1) is 12.8. The second-order valence-electron chi connectivity index (χ2n) is 5.41. The molecule has 1 heterocycles. The maximum Gasteiger partial charge on any atom is 0.0950 e. The van der Waals surface area contributed by atoms with Gasteiger partial charge in [-0.1, -0.05) is 29.8 Å². The number of nitrogens with two attached hydrogens (primary N) is 1. The fourth-order valence-electron chi connectivity index (χ4n) is 2.61. The standard InChI is InChI=1S/C16H20N2S/c1-11-6-8-12(9-7-11)13(17)10-16-18-14-4-2-3-5-15(14)19-16/h6-9,13H,2-5,10,17H2,1H3. The predicted octanol–water partition coefficient (Wildman–Crippen LogP) is 3.57. The second kappa shape index (κ2) is 5.43. The lowest BCUT2D eigenvalue weighted by molar-refractivity contribution is 0.674. The van der Waals surface area contributed by atoms with Gasteiger partial charge in [0.1, 0.15) is 0 Å². The number of thiazole rings is 1. The minimum absolute atomic E-state index is 0.0632. The molecule has 0 bridgehead atoms. The third-order valence-electron chi connectivity index (χ3n) is 3.79. The zero-order valence-corrected chi connectivity index (χ0v) is 12.2. The van der Waals surface area contributed by atoms with Gasteiger partial charge in [0.2, 0.25) is 0 Å². The molecule has 19 heavy (non-hydrogen) atoms. The molecule has 0 saturated carbocycles. The molecule has 2 N–H and O–H groups in total. The first-order valence-corrected chi connectivity index (χ1v) is 7.83. The van der Waals surface area contributed by atoms with Gasteiger partial charge in [0.15, 0.2) is 0 Å². The molecule has 1 atom stereocenters. The van der Waals surface area contributed by atoms with Gasteiger partial charge in [-0.05, 0) is 38.2 Å². The van der Waals surface area contributed by atoms with Gasteiger partial charge in [-0.3, -0.25) is 0 Å². The third-order valence-corrected chi connectivity index (χ3v) is 4.97. The Morgan fingerprint density at radius 3 is 2.68 bits per heavy atom. The molecule has 0 fully saturated rings. The molecule has 1 unspecified atom stereocenters. The number of aromatic nitrogens is 1. The van der Waals surface area contributed by atoms with E-state index in [1.165, 1.54) is 46.0 Å². The Kier molecular flexibility index (Phi) is 3.67. The largest absolute Gasteiger partial charge is 0.324 e. The minimum atomic E-state index is 0.0632. The van der Waals surface area contributed by atoms with Crippen molar-refractivity contribution < 1.29 is 0 Å². The molecule has 0 amide bonds. The van der Waals surface area contributed by atoms with Crippen LogP contribution in [0.25, 0.3) is 0 Å². The van der Waals surface area contributed by atoms with Gasteiger partial charge in [-0.25, -0.2) is 4.98 Å². The molecule has 3 heteroatoms. The molecule has 1 aliphatic rings. The number of rotatable bonds is 3. The lowest BCUT2D eigenvalue weighted by Gasteiger charge is -2.10. The molecule has 0 radical (unpaired) electrons. The van der Waals surface area contributed by atoms with E-state index >= 15 is 0 Å². The van der Waals surface area contributed by atoms with Crippen LogP contribution in [0.2, 0.25) is 0 Å². The van der Waals surface area contributed by atoms with Crippen LogP contribution < -0.4 is 5.73 Å². The van der Waals surface area contributed by atoms with E-state index in [1.54, 1.807) is 0 Å². The summed E-state index contributed by atoms with van der Waals surface area (Å²) in [4.78, 5) is 6.27. The molecule has 0 saturated heterocycles. The molecule has 1 aliphatic carbocycles. The van der Waals surface area contributed by atoms with Gasteiger partial charge in [0.05, 0.1) is 10.7 Å². The van der Waals surface area contributed by atoms with Crippen LogP contribution in [0.5, 0.6) is 0 Å². The van der Waals surface area contributed by atoms with Crippen molar-refractivity contribution in [1.29, 1.82) is 0 Å². The molecule has 2 aromatic rings. The summed E-state index contributed by atoms with van der Waals surface area (Å²) in [7, 11) is 0. The van der Waals surface area contributed by atoms with E-state index in [0.717, 1.165) is 12.8 Å². The van der Waals surface area contributed by atoms with Crippen molar-refractivity contribution in [1.82, 2.24) is 4.98 Å². The molecule has 100 valence electrons. The van der Waals surface area contributed by atoms with Gasteiger partial charge in [0, 0.05) is 17.3 Å². The van der Waals surface area contributed by atoms with E-state index in [9.17, 15) is 0 Å². The van der Waals surface area contributed by atoms with Crippen molar-refractivity contribution in [2.45, 2.75) is 45.1 Å². The van der Waals surface area contributed by atoms with Crippen LogP contribution in [0.15, 0.2) is 24.3 Å². The number of aryl methyl sites for hydroxylation is 3.